The minimum absolute atomic E-state index is 0. The lowest BCUT2D eigenvalue weighted by molar-refractivity contribution is -0.123. The van der Waals surface area contributed by atoms with Crippen LogP contribution in [0.15, 0.2) is 154 Å². The van der Waals surface area contributed by atoms with Gasteiger partial charge in [0.25, 0.3) is 0 Å². The van der Waals surface area contributed by atoms with Gasteiger partial charge in [0, 0.05) is 85.7 Å². The van der Waals surface area contributed by atoms with Gasteiger partial charge in [-0.25, -0.2) is 0 Å². The number of nitrogens with zero attached hydrogens (tertiary/aromatic N) is 2. The lowest BCUT2D eigenvalue weighted by atomic mass is 9.80. The molecule has 9 N–H and O–H groups in total. The minimum Gasteiger partial charge on any atom is -0.395 e. The number of hydrogen-bond donors (Lipinski definition) is 6. The molecule has 2 aliphatic heterocycles. The van der Waals surface area contributed by atoms with E-state index in [1.807, 2.05) is 90.4 Å². The topological polar surface area (TPSA) is 185 Å². The van der Waals surface area contributed by atoms with E-state index in [1.165, 1.54) is 58.4 Å². The van der Waals surface area contributed by atoms with Crippen molar-refractivity contribution in [2.24, 2.45) is 28.5 Å². The maximum atomic E-state index is 13.0. The minimum atomic E-state index is -0.469. The molecule has 2 aliphatic carbocycles. The number of carbonyl (C=O) groups is 2. The van der Waals surface area contributed by atoms with Gasteiger partial charge in [-0.2, -0.15) is 0 Å². The van der Waals surface area contributed by atoms with E-state index < -0.39 is 5.92 Å². The SMILES string of the molecule is C=C=C(CC)Nc1ccc(C)cc1.C=C=C(CCCCCCC)N(CCO)CCO.C=C=C1CCC(=O)C(C2C(=O)c3cccc(NC)c3C2=C=C)CC1.CC.CC.CCc1ccc(/C2=C/CC/C(N)=N\C3SC(C)=C(C)C23)cc1.COC(C)(C)C.N.[HH].[HH].[HH].[HH]. The van der Waals surface area contributed by atoms with Crippen LogP contribution < -0.4 is 22.5 Å². The summed E-state index contributed by atoms with van der Waals surface area (Å²) in [6, 6.07) is 22.9. The van der Waals surface area contributed by atoms with Crippen LogP contribution in [0.3, 0.4) is 0 Å². The van der Waals surface area contributed by atoms with Crippen LogP contribution in [-0.2, 0) is 16.0 Å². The first kappa shape index (κ1) is 80.6. The van der Waals surface area contributed by atoms with Gasteiger partial charge in [-0.3, -0.25) is 14.6 Å². The highest BCUT2D eigenvalue weighted by atomic mass is 32.2. The Morgan fingerprint density at radius 3 is 1.97 bits per heavy atom. The molecule has 1 saturated carbocycles. The number of ketones is 2. The van der Waals surface area contributed by atoms with E-state index in [-0.39, 0.29) is 53.5 Å². The summed E-state index contributed by atoms with van der Waals surface area (Å²) in [6.45, 7) is 43.2. The number of aliphatic hydroxyl groups excluding tert-OH is 2. The molecule has 0 radical (unpaired) electrons. The maximum Gasteiger partial charge on any atom is 0.172 e. The smallest absolute Gasteiger partial charge is 0.172 e. The van der Waals surface area contributed by atoms with Gasteiger partial charge < -0.3 is 42.4 Å². The molecular weight excluding hydrogens is 1100 g/mol. The molecule has 4 aliphatic rings. The number of nitrogens with one attached hydrogen (secondary N) is 2. The van der Waals surface area contributed by atoms with Gasteiger partial charge in [0.15, 0.2) is 5.78 Å². The van der Waals surface area contributed by atoms with Crippen molar-refractivity contribution in [1.82, 2.24) is 11.1 Å². The van der Waals surface area contributed by atoms with E-state index >= 15 is 0 Å². The van der Waals surface area contributed by atoms with E-state index in [4.69, 9.17) is 25.7 Å². The second-order valence-electron chi connectivity index (χ2n) is 21.9. The van der Waals surface area contributed by atoms with Gasteiger partial charge in [0.1, 0.15) is 11.2 Å². The van der Waals surface area contributed by atoms with Crippen molar-refractivity contribution < 1.29 is 30.2 Å². The first-order chi connectivity index (χ1) is 41.3. The average Bonchev–Trinajstić information content (AvgIpc) is 1.63. The van der Waals surface area contributed by atoms with Crippen LogP contribution in [0.5, 0.6) is 0 Å². The zero-order valence-electron chi connectivity index (χ0n) is 56.5. The summed E-state index contributed by atoms with van der Waals surface area (Å²) >= 11 is 1.86. The molecule has 11 nitrogen and oxygen atoms in total. The number of aliphatic imine (C=N–C) groups is 1. The number of thioether (sulfide) groups is 1. The molecule has 0 bridgehead atoms. The molecule has 4 unspecified atom stereocenters. The third-order valence-electron chi connectivity index (χ3n) is 15.2. The predicted octanol–water partition coefficient (Wildman–Crippen LogP) is 19.4. The molecule has 7 rings (SSSR count). The number of methoxy groups -OCH3 is 1. The summed E-state index contributed by atoms with van der Waals surface area (Å²) in [4.78, 5) is 33.9. The molecule has 1 fully saturated rings. The first-order valence-electron chi connectivity index (χ1n) is 31.6. The van der Waals surface area contributed by atoms with Crippen LogP contribution in [0, 0.1) is 24.7 Å². The number of unbranched alkanes of at least 4 members (excludes halogenated alkanes) is 4. The monoisotopic (exact) mass is 1220 g/mol. The molecular formula is C75H122N6O5S. The number of benzene rings is 3. The number of ether oxygens (including phenoxy) is 1. The van der Waals surface area contributed by atoms with Crippen molar-refractivity contribution in [3.8, 4) is 0 Å². The maximum absolute atomic E-state index is 13.0. The van der Waals surface area contributed by atoms with Crippen LogP contribution in [0.4, 0.5) is 11.4 Å². The first-order valence-corrected chi connectivity index (χ1v) is 32.5. The highest BCUT2D eigenvalue weighted by Crippen LogP contribution is 2.49. The van der Waals surface area contributed by atoms with E-state index in [9.17, 15) is 9.59 Å². The van der Waals surface area contributed by atoms with Gasteiger partial charge in [0.05, 0.1) is 42.0 Å². The number of nitrogens with two attached hydrogens (primary N) is 1. The van der Waals surface area contributed by atoms with Crippen LogP contribution in [-0.4, -0.2) is 84.0 Å². The second kappa shape index (κ2) is 45.0. The van der Waals surface area contributed by atoms with Crippen molar-refractivity contribution in [2.75, 3.05) is 51.1 Å². The standard InChI is InChI=1S/C21H21NO2.C19H24N2S.C14H27NO2.C12H15N.C5H12O.2C2H6.H3N.4H2/c1-4-13-9-11-15(18(23)12-10-13)20-14(5-2)19-16(21(20)24)7-6-8-17(19)22-3;1-4-14-8-10-15(11-9-14)16-6-5-7-17(20)21-19-18(16)12(2)13(3)22-19;1-3-5-6-7-8-9-14(4-2)15(10-12-16)11-13-17;1-4-11(5-2)13-12-8-6-10(3)7-9-12;1-5(2,3)6-4;2*1-2;;;;;/h6-8,15,20,22H,1-2,9-12H2,3H3;6,8-11,18-19H,4-5,7H2,1-3H3,(H2,20,21);16-17H,2-3,5-13H2,1H3;6-9,13H,1,5H2,2-3H3;1-4H3;2*1-2H3;1H3;4*1H/b;16-6-;;;;;;;;;;. The Balaban J connectivity index is -0.000000344. The molecule has 0 aromatic heterocycles. The Kier molecular flexibility index (Phi) is 41.7. The lowest BCUT2D eigenvalue weighted by Gasteiger charge is -2.24. The quantitative estimate of drug-likeness (QED) is 0.0405. The highest BCUT2D eigenvalue weighted by Gasteiger charge is 2.44. The molecule has 4 atom stereocenters. The van der Waals surface area contributed by atoms with E-state index in [2.05, 4.69) is 156 Å². The lowest BCUT2D eigenvalue weighted by Crippen LogP contribution is -2.29. The van der Waals surface area contributed by atoms with Gasteiger partial charge in [-0.15, -0.1) is 34.7 Å². The normalized spacial score (nSPS) is 18.3. The fraction of sp³-hybridized carbons (Fsp3) is 0.507. The molecule has 2 heterocycles. The van der Waals surface area contributed by atoms with Gasteiger partial charge in [0.2, 0.25) is 0 Å². The van der Waals surface area contributed by atoms with E-state index in [0.717, 1.165) is 90.3 Å². The Morgan fingerprint density at radius 2 is 1.45 bits per heavy atom. The second-order valence-corrected chi connectivity index (χ2v) is 23.3. The summed E-state index contributed by atoms with van der Waals surface area (Å²) in [5, 5.41) is 24.5. The van der Waals surface area contributed by atoms with Gasteiger partial charge >= 0.3 is 0 Å². The fourth-order valence-corrected chi connectivity index (χ4v) is 11.4. The number of Topliss-reactive ketones (excluding diaryl/α,β-unsaturated/α-hetero) is 2. The van der Waals surface area contributed by atoms with Crippen LogP contribution in [0.2, 0.25) is 0 Å². The van der Waals surface area contributed by atoms with Crippen LogP contribution in [0.25, 0.3) is 11.1 Å². The Labute approximate surface area is 538 Å². The molecule has 0 spiro atoms. The van der Waals surface area contributed by atoms with Crippen molar-refractivity contribution >= 4 is 51.7 Å². The summed E-state index contributed by atoms with van der Waals surface area (Å²) in [7, 11) is 3.53. The third kappa shape index (κ3) is 26.9. The number of anilines is 2. The zero-order valence-corrected chi connectivity index (χ0v) is 57.3. The number of aryl methyl sites for hydroxylation is 2. The number of amidine groups is 1. The molecule has 0 saturated heterocycles. The number of hydrogen-bond acceptors (Lipinski definition) is 12. The number of aliphatic hydroxyl groups is 2. The number of allylic oxidation sites excluding steroid dienone is 6. The highest BCUT2D eigenvalue weighted by molar-refractivity contribution is 8.03. The average molecular weight is 1220 g/mol. The van der Waals surface area contributed by atoms with E-state index in [0.29, 0.717) is 43.8 Å². The van der Waals surface area contributed by atoms with Crippen molar-refractivity contribution in [1.29, 1.82) is 0 Å². The molecule has 0 amide bonds. The Morgan fingerprint density at radius 1 is 0.828 bits per heavy atom. The molecule has 87 heavy (non-hydrogen) atoms. The van der Waals surface area contributed by atoms with Crippen molar-refractivity contribution in [2.45, 2.75) is 191 Å². The largest absolute Gasteiger partial charge is 0.395 e. The molecule has 488 valence electrons. The number of rotatable bonds is 18. The van der Waals surface area contributed by atoms with Crippen LogP contribution in [0.1, 0.15) is 205 Å². The summed E-state index contributed by atoms with van der Waals surface area (Å²) in [5.74, 6) is 0.522. The molecule has 12 heteroatoms. The zero-order chi connectivity index (χ0) is 64.8. The van der Waals surface area contributed by atoms with Crippen LogP contribution >= 0.6 is 11.8 Å². The van der Waals surface area contributed by atoms with Crippen molar-refractivity contribution in [3.05, 3.63) is 177 Å². The predicted molar refractivity (Wildman–Crippen MR) is 386 cm³/mol. The Hall–Kier alpha value is -6.38. The number of fused-ring (bicyclic) bond motifs is 2. The summed E-state index contributed by atoms with van der Waals surface area (Å²) in [5.41, 5.74) is 32.0. The Bertz CT molecular complexity index is 2870. The summed E-state index contributed by atoms with van der Waals surface area (Å²) in [6.07, 6.45) is 15.9. The number of carbonyl (C=O) groups excluding carboxylic acids is 2. The fourth-order valence-electron chi connectivity index (χ4n) is 10.1. The van der Waals surface area contributed by atoms with E-state index in [1.54, 1.807) is 7.11 Å². The molecule has 3 aromatic rings. The van der Waals surface area contributed by atoms with Gasteiger partial charge in [-0.05, 0) is 138 Å². The third-order valence-corrected chi connectivity index (χ3v) is 16.5. The molecule has 3 aromatic carbocycles. The summed E-state index contributed by atoms with van der Waals surface area (Å²) < 4.78 is 4.94. The van der Waals surface area contributed by atoms with Gasteiger partial charge in [-0.1, -0.05) is 166 Å². The van der Waals surface area contributed by atoms with Crippen molar-refractivity contribution in [3.63, 3.8) is 0 Å².